The highest BCUT2D eigenvalue weighted by molar-refractivity contribution is 7.92. The Balaban J connectivity index is 1.76. The number of para-hydroxylation sites is 1. The minimum Gasteiger partial charge on any atom is -0.299 e. The maximum atomic E-state index is 12.7. The molecule has 0 unspecified atom stereocenters. The molecular formula is C23H23NO3S. The van der Waals surface area contributed by atoms with Crippen molar-refractivity contribution in [2.24, 2.45) is 0 Å². The van der Waals surface area contributed by atoms with Crippen molar-refractivity contribution in [2.75, 3.05) is 4.72 Å². The Morgan fingerprint density at radius 3 is 2.00 bits per heavy atom. The van der Waals surface area contributed by atoms with Crippen LogP contribution in [0.25, 0.3) is 0 Å². The van der Waals surface area contributed by atoms with Crippen molar-refractivity contribution in [1.82, 2.24) is 0 Å². The fraction of sp³-hybridized carbons (Fsp3) is 0.174. The van der Waals surface area contributed by atoms with Gasteiger partial charge in [-0.25, -0.2) is 8.42 Å². The first-order valence-electron chi connectivity index (χ1n) is 9.08. The van der Waals surface area contributed by atoms with Crippen LogP contribution in [0.15, 0.2) is 77.7 Å². The van der Waals surface area contributed by atoms with E-state index < -0.39 is 10.0 Å². The summed E-state index contributed by atoms with van der Waals surface area (Å²) in [5.74, 6) is 0.0332. The van der Waals surface area contributed by atoms with Crippen LogP contribution in [0, 0.1) is 13.8 Å². The summed E-state index contributed by atoms with van der Waals surface area (Å²) in [6, 6.07) is 21.5. The van der Waals surface area contributed by atoms with Gasteiger partial charge in [-0.05, 0) is 43.2 Å². The quantitative estimate of drug-likeness (QED) is 0.645. The van der Waals surface area contributed by atoms with E-state index in [0.717, 1.165) is 16.7 Å². The molecular weight excluding hydrogens is 370 g/mol. The third kappa shape index (κ3) is 5.08. The zero-order valence-electron chi connectivity index (χ0n) is 16.0. The van der Waals surface area contributed by atoms with Gasteiger partial charge in [-0.1, -0.05) is 65.7 Å². The molecule has 0 fully saturated rings. The molecule has 0 radical (unpaired) electrons. The highest BCUT2D eigenvalue weighted by atomic mass is 32.2. The Morgan fingerprint density at radius 2 is 1.36 bits per heavy atom. The number of sulfonamides is 1. The summed E-state index contributed by atoms with van der Waals surface area (Å²) in [5, 5.41) is 0. The monoisotopic (exact) mass is 393 g/mol. The standard InChI is InChI=1S/C23H23NO3S/c1-17-7-11-19(12-8-17)15-21(25)16-20-5-3-4-6-23(20)24-28(26,27)22-13-9-18(2)10-14-22/h3-14,24H,15-16H2,1-2H3. The van der Waals surface area contributed by atoms with E-state index in [1.54, 1.807) is 48.5 Å². The van der Waals surface area contributed by atoms with Gasteiger partial charge < -0.3 is 0 Å². The largest absolute Gasteiger partial charge is 0.299 e. The van der Waals surface area contributed by atoms with E-state index in [4.69, 9.17) is 0 Å². The number of hydrogen-bond acceptors (Lipinski definition) is 3. The average molecular weight is 394 g/mol. The molecule has 3 aromatic rings. The Kier molecular flexibility index (Phi) is 5.95. The van der Waals surface area contributed by atoms with Crippen LogP contribution in [0.1, 0.15) is 22.3 Å². The second kappa shape index (κ2) is 8.40. The SMILES string of the molecule is Cc1ccc(CC(=O)Cc2ccccc2NS(=O)(=O)c2ccc(C)cc2)cc1. The zero-order chi connectivity index (χ0) is 20.1. The fourth-order valence-corrected chi connectivity index (χ4v) is 4.00. The molecule has 144 valence electrons. The lowest BCUT2D eigenvalue weighted by atomic mass is 10.0. The summed E-state index contributed by atoms with van der Waals surface area (Å²) >= 11 is 0. The van der Waals surface area contributed by atoms with Crippen LogP contribution in [-0.4, -0.2) is 14.2 Å². The topological polar surface area (TPSA) is 63.2 Å². The number of ketones is 1. The van der Waals surface area contributed by atoms with Crippen LogP contribution in [0.4, 0.5) is 5.69 Å². The Hall–Kier alpha value is -2.92. The summed E-state index contributed by atoms with van der Waals surface area (Å²) in [6.45, 7) is 3.90. The van der Waals surface area contributed by atoms with Crippen LogP contribution in [0.5, 0.6) is 0 Å². The van der Waals surface area contributed by atoms with Crippen LogP contribution in [0.3, 0.4) is 0 Å². The van der Waals surface area contributed by atoms with Gasteiger partial charge in [0.25, 0.3) is 10.0 Å². The molecule has 0 heterocycles. The molecule has 0 aliphatic rings. The third-order valence-electron chi connectivity index (χ3n) is 4.50. The number of carbonyl (C=O) groups excluding carboxylic acids is 1. The first-order chi connectivity index (χ1) is 13.3. The van der Waals surface area contributed by atoms with Crippen LogP contribution in [0.2, 0.25) is 0 Å². The van der Waals surface area contributed by atoms with Crippen LogP contribution in [-0.2, 0) is 27.7 Å². The molecule has 0 aromatic heterocycles. The molecule has 5 heteroatoms. The van der Waals surface area contributed by atoms with Crippen molar-refractivity contribution in [2.45, 2.75) is 31.6 Å². The molecule has 4 nitrogen and oxygen atoms in total. The summed E-state index contributed by atoms with van der Waals surface area (Å²) in [6.07, 6.45) is 0.486. The Labute approximate surface area is 166 Å². The van der Waals surface area contributed by atoms with E-state index >= 15 is 0 Å². The maximum absolute atomic E-state index is 12.7. The summed E-state index contributed by atoms with van der Waals surface area (Å²) < 4.78 is 28.0. The molecule has 0 amide bonds. The smallest absolute Gasteiger partial charge is 0.261 e. The van der Waals surface area contributed by atoms with E-state index in [2.05, 4.69) is 4.72 Å². The van der Waals surface area contributed by atoms with Crippen LogP contribution >= 0.6 is 0 Å². The molecule has 0 spiro atoms. The lowest BCUT2D eigenvalue weighted by Crippen LogP contribution is -2.15. The highest BCUT2D eigenvalue weighted by Gasteiger charge is 2.17. The highest BCUT2D eigenvalue weighted by Crippen LogP contribution is 2.21. The molecule has 28 heavy (non-hydrogen) atoms. The number of benzene rings is 3. The van der Waals surface area contributed by atoms with E-state index in [1.807, 2.05) is 38.1 Å². The molecule has 0 aliphatic carbocycles. The molecule has 3 aromatic carbocycles. The van der Waals surface area contributed by atoms with E-state index in [0.29, 0.717) is 17.7 Å². The molecule has 3 rings (SSSR count). The van der Waals surface area contributed by atoms with Crippen LogP contribution < -0.4 is 4.72 Å². The molecule has 0 aliphatic heterocycles. The lowest BCUT2D eigenvalue weighted by molar-refractivity contribution is -0.117. The number of rotatable bonds is 7. The molecule has 1 N–H and O–H groups in total. The molecule has 0 saturated carbocycles. The van der Waals surface area contributed by atoms with Crippen molar-refractivity contribution in [3.05, 3.63) is 95.1 Å². The predicted molar refractivity (Wildman–Crippen MR) is 112 cm³/mol. The van der Waals surface area contributed by atoms with Crippen molar-refractivity contribution in [1.29, 1.82) is 0 Å². The van der Waals surface area contributed by atoms with E-state index in [-0.39, 0.29) is 17.1 Å². The van der Waals surface area contributed by atoms with Gasteiger partial charge in [0.05, 0.1) is 10.6 Å². The number of anilines is 1. The van der Waals surface area contributed by atoms with Gasteiger partial charge in [-0.15, -0.1) is 0 Å². The van der Waals surface area contributed by atoms with Crippen molar-refractivity contribution < 1.29 is 13.2 Å². The number of aryl methyl sites for hydroxylation is 2. The number of Topliss-reactive ketones (excluding diaryl/α,β-unsaturated/α-hetero) is 1. The minimum absolute atomic E-state index is 0.0332. The van der Waals surface area contributed by atoms with Crippen molar-refractivity contribution in [3.63, 3.8) is 0 Å². The van der Waals surface area contributed by atoms with Crippen molar-refractivity contribution in [3.8, 4) is 0 Å². The van der Waals surface area contributed by atoms with Gasteiger partial charge in [0.15, 0.2) is 0 Å². The van der Waals surface area contributed by atoms with Gasteiger partial charge in [-0.2, -0.15) is 0 Å². The normalized spacial score (nSPS) is 11.2. The second-order valence-corrected chi connectivity index (χ2v) is 8.64. The van der Waals surface area contributed by atoms with Gasteiger partial charge >= 0.3 is 0 Å². The first-order valence-corrected chi connectivity index (χ1v) is 10.6. The van der Waals surface area contributed by atoms with Gasteiger partial charge in [-0.3, -0.25) is 9.52 Å². The first kappa shape index (κ1) is 19.8. The Bertz CT molecular complexity index is 1070. The predicted octanol–water partition coefficient (Wildman–Crippen LogP) is 4.46. The fourth-order valence-electron chi connectivity index (χ4n) is 2.90. The third-order valence-corrected chi connectivity index (χ3v) is 5.88. The molecule has 0 bridgehead atoms. The number of carbonyl (C=O) groups is 1. The van der Waals surface area contributed by atoms with Crippen molar-refractivity contribution >= 4 is 21.5 Å². The van der Waals surface area contributed by atoms with E-state index in [9.17, 15) is 13.2 Å². The molecule has 0 atom stereocenters. The molecule has 0 saturated heterocycles. The Morgan fingerprint density at radius 1 is 0.786 bits per heavy atom. The van der Waals surface area contributed by atoms with Gasteiger partial charge in [0, 0.05) is 12.8 Å². The maximum Gasteiger partial charge on any atom is 0.261 e. The average Bonchev–Trinajstić information content (AvgIpc) is 2.65. The van der Waals surface area contributed by atoms with E-state index in [1.165, 1.54) is 0 Å². The van der Waals surface area contributed by atoms with Gasteiger partial charge in [0.2, 0.25) is 0 Å². The summed E-state index contributed by atoms with van der Waals surface area (Å²) in [7, 11) is -3.71. The zero-order valence-corrected chi connectivity index (χ0v) is 16.8. The second-order valence-electron chi connectivity index (χ2n) is 6.95. The lowest BCUT2D eigenvalue weighted by Gasteiger charge is -2.13. The summed E-state index contributed by atoms with van der Waals surface area (Å²) in [4.78, 5) is 12.7. The van der Waals surface area contributed by atoms with Gasteiger partial charge in [0.1, 0.15) is 5.78 Å². The number of hydrogen-bond donors (Lipinski definition) is 1. The minimum atomic E-state index is -3.71. The summed E-state index contributed by atoms with van der Waals surface area (Å²) in [5.41, 5.74) is 4.18. The number of nitrogens with one attached hydrogen (secondary N) is 1.